The summed E-state index contributed by atoms with van der Waals surface area (Å²) in [6, 6.07) is 9.89. The van der Waals surface area contributed by atoms with Crippen molar-refractivity contribution in [3.8, 4) is 17.2 Å². The summed E-state index contributed by atoms with van der Waals surface area (Å²) in [7, 11) is 0. The summed E-state index contributed by atoms with van der Waals surface area (Å²) in [5.41, 5.74) is 3.90. The van der Waals surface area contributed by atoms with Crippen LogP contribution >= 0.6 is 22.6 Å². The van der Waals surface area contributed by atoms with Crippen molar-refractivity contribution in [3.05, 3.63) is 45.5 Å². The fraction of sp³-hybridized carbons (Fsp3) is 0. The number of anilines is 1. The van der Waals surface area contributed by atoms with Crippen LogP contribution in [0.3, 0.4) is 0 Å². The van der Waals surface area contributed by atoms with Crippen LogP contribution in [0.2, 0.25) is 0 Å². The topological polar surface area (TPSA) is 85.1 Å². The molecular weight excluding hydrogens is 359 g/mol. The van der Waals surface area contributed by atoms with Gasteiger partial charge in [0.15, 0.2) is 11.5 Å². The van der Waals surface area contributed by atoms with E-state index in [-0.39, 0.29) is 17.2 Å². The standard InChI is InChI=1S/C13H11IN2O3/c14-9-1-3-10(4-2-9)16-15-7-8-5-12(18)13(19)6-11(8)17/h1-7,16-19H/b15-7+. The number of hydrazone groups is 1. The molecular formula is C13H11IN2O3. The quantitative estimate of drug-likeness (QED) is 0.220. The highest BCUT2D eigenvalue weighted by molar-refractivity contribution is 14.1. The maximum atomic E-state index is 9.56. The van der Waals surface area contributed by atoms with Crippen molar-refractivity contribution in [1.82, 2.24) is 0 Å². The molecule has 0 amide bonds. The van der Waals surface area contributed by atoms with Crippen molar-refractivity contribution in [1.29, 1.82) is 0 Å². The highest BCUT2D eigenvalue weighted by Gasteiger charge is 2.05. The van der Waals surface area contributed by atoms with E-state index < -0.39 is 0 Å². The van der Waals surface area contributed by atoms with Gasteiger partial charge in [0.25, 0.3) is 0 Å². The van der Waals surface area contributed by atoms with Crippen molar-refractivity contribution >= 4 is 34.5 Å². The number of hydrogen-bond acceptors (Lipinski definition) is 5. The van der Waals surface area contributed by atoms with Gasteiger partial charge in [-0.05, 0) is 52.9 Å². The Morgan fingerprint density at radius 1 is 0.947 bits per heavy atom. The van der Waals surface area contributed by atoms with Crippen LogP contribution in [0.25, 0.3) is 0 Å². The number of phenols is 3. The molecule has 2 aromatic carbocycles. The van der Waals surface area contributed by atoms with E-state index in [0.717, 1.165) is 15.3 Å². The molecule has 0 aliphatic heterocycles. The van der Waals surface area contributed by atoms with E-state index in [1.165, 1.54) is 12.3 Å². The molecule has 6 heteroatoms. The molecule has 0 heterocycles. The SMILES string of the molecule is Oc1cc(O)c(/C=N/Nc2ccc(I)cc2)cc1O. The second-order valence-electron chi connectivity index (χ2n) is 3.78. The van der Waals surface area contributed by atoms with Gasteiger partial charge in [-0.15, -0.1) is 0 Å². The molecule has 0 radical (unpaired) electrons. The fourth-order valence-electron chi connectivity index (χ4n) is 1.39. The monoisotopic (exact) mass is 370 g/mol. The summed E-state index contributed by atoms with van der Waals surface area (Å²) in [6.07, 6.45) is 1.35. The predicted molar refractivity (Wildman–Crippen MR) is 81.8 cm³/mol. The lowest BCUT2D eigenvalue weighted by atomic mass is 10.2. The van der Waals surface area contributed by atoms with Gasteiger partial charge in [0.1, 0.15) is 5.75 Å². The smallest absolute Gasteiger partial charge is 0.161 e. The molecule has 0 unspecified atom stereocenters. The van der Waals surface area contributed by atoms with Crippen LogP contribution in [0, 0.1) is 3.57 Å². The van der Waals surface area contributed by atoms with Crippen molar-refractivity contribution in [3.63, 3.8) is 0 Å². The van der Waals surface area contributed by atoms with E-state index in [2.05, 4.69) is 33.1 Å². The molecule has 5 nitrogen and oxygen atoms in total. The molecule has 4 N–H and O–H groups in total. The van der Waals surface area contributed by atoms with Gasteiger partial charge in [-0.25, -0.2) is 0 Å². The van der Waals surface area contributed by atoms with Gasteiger partial charge in [0, 0.05) is 15.2 Å². The Balaban J connectivity index is 2.11. The number of nitrogens with one attached hydrogen (secondary N) is 1. The van der Waals surface area contributed by atoms with Crippen LogP contribution in [0.1, 0.15) is 5.56 Å². The zero-order valence-corrected chi connectivity index (χ0v) is 11.9. The Labute approximate surface area is 123 Å². The molecule has 0 aromatic heterocycles. The summed E-state index contributed by atoms with van der Waals surface area (Å²) < 4.78 is 1.12. The first-order valence-electron chi connectivity index (χ1n) is 5.36. The molecule has 19 heavy (non-hydrogen) atoms. The second kappa shape index (κ2) is 5.79. The van der Waals surface area contributed by atoms with E-state index in [1.807, 2.05) is 24.3 Å². The van der Waals surface area contributed by atoms with Crippen molar-refractivity contribution in [2.45, 2.75) is 0 Å². The number of benzene rings is 2. The summed E-state index contributed by atoms with van der Waals surface area (Å²) in [6.45, 7) is 0. The summed E-state index contributed by atoms with van der Waals surface area (Å²) in [5.74, 6) is -0.850. The van der Waals surface area contributed by atoms with E-state index in [0.29, 0.717) is 5.56 Å². The van der Waals surface area contributed by atoms with Gasteiger partial charge < -0.3 is 15.3 Å². The fourth-order valence-corrected chi connectivity index (χ4v) is 1.75. The van der Waals surface area contributed by atoms with Gasteiger partial charge in [0.05, 0.1) is 11.9 Å². The van der Waals surface area contributed by atoms with Crippen LogP contribution < -0.4 is 5.43 Å². The number of aromatic hydroxyl groups is 3. The number of nitrogens with zero attached hydrogens (tertiary/aromatic N) is 1. The number of rotatable bonds is 3. The van der Waals surface area contributed by atoms with E-state index in [4.69, 9.17) is 0 Å². The van der Waals surface area contributed by atoms with Crippen molar-refractivity contribution in [2.24, 2.45) is 5.10 Å². The van der Waals surface area contributed by atoms with Crippen molar-refractivity contribution < 1.29 is 15.3 Å². The molecule has 2 aromatic rings. The lowest BCUT2D eigenvalue weighted by molar-refractivity contribution is 0.396. The third kappa shape index (κ3) is 3.50. The Kier molecular flexibility index (Phi) is 4.10. The molecule has 2 rings (SSSR count). The number of hydrogen-bond donors (Lipinski definition) is 4. The largest absolute Gasteiger partial charge is 0.507 e. The molecule has 0 aliphatic rings. The first-order chi connectivity index (χ1) is 9.06. The first-order valence-corrected chi connectivity index (χ1v) is 6.44. The highest BCUT2D eigenvalue weighted by Crippen LogP contribution is 2.31. The van der Waals surface area contributed by atoms with Gasteiger partial charge in [-0.1, -0.05) is 0 Å². The second-order valence-corrected chi connectivity index (χ2v) is 5.02. The first kappa shape index (κ1) is 13.5. The summed E-state index contributed by atoms with van der Waals surface area (Å²) in [5, 5.41) is 32.0. The Bertz CT molecular complexity index is 612. The minimum Gasteiger partial charge on any atom is -0.507 e. The third-order valence-corrected chi connectivity index (χ3v) is 3.08. The van der Waals surface area contributed by atoms with E-state index >= 15 is 0 Å². The molecule has 98 valence electrons. The lowest BCUT2D eigenvalue weighted by Gasteiger charge is -2.03. The van der Waals surface area contributed by atoms with Crippen LogP contribution in [0.4, 0.5) is 5.69 Å². The van der Waals surface area contributed by atoms with Gasteiger partial charge >= 0.3 is 0 Å². The zero-order valence-electron chi connectivity index (χ0n) is 9.71. The minimum absolute atomic E-state index is 0.163. The van der Waals surface area contributed by atoms with E-state index in [9.17, 15) is 15.3 Å². The predicted octanol–water partition coefficient (Wildman–Crippen LogP) is 2.85. The third-order valence-electron chi connectivity index (χ3n) is 2.37. The normalized spacial score (nSPS) is 10.8. The minimum atomic E-state index is -0.375. The molecule has 0 aliphatic carbocycles. The zero-order chi connectivity index (χ0) is 13.8. The molecule has 0 fully saturated rings. The van der Waals surface area contributed by atoms with Crippen LogP contribution in [-0.4, -0.2) is 21.5 Å². The molecule has 0 spiro atoms. The van der Waals surface area contributed by atoms with Crippen molar-refractivity contribution in [2.75, 3.05) is 5.43 Å². The maximum Gasteiger partial charge on any atom is 0.161 e. The molecule has 0 bridgehead atoms. The molecule has 0 atom stereocenters. The Morgan fingerprint density at radius 2 is 1.58 bits per heavy atom. The van der Waals surface area contributed by atoms with Crippen LogP contribution in [0.15, 0.2) is 41.5 Å². The molecule has 0 saturated heterocycles. The summed E-state index contributed by atoms with van der Waals surface area (Å²) >= 11 is 2.20. The van der Waals surface area contributed by atoms with Crippen LogP contribution in [-0.2, 0) is 0 Å². The maximum absolute atomic E-state index is 9.56. The van der Waals surface area contributed by atoms with E-state index in [1.54, 1.807) is 0 Å². The highest BCUT2D eigenvalue weighted by atomic mass is 127. The van der Waals surface area contributed by atoms with Gasteiger partial charge in [-0.2, -0.15) is 5.10 Å². The Hall–Kier alpha value is -1.96. The molecule has 0 saturated carbocycles. The lowest BCUT2D eigenvalue weighted by Crippen LogP contribution is -1.91. The van der Waals surface area contributed by atoms with Gasteiger partial charge in [0.2, 0.25) is 0 Å². The summed E-state index contributed by atoms with van der Waals surface area (Å²) in [4.78, 5) is 0. The van der Waals surface area contributed by atoms with Crippen LogP contribution in [0.5, 0.6) is 17.2 Å². The Morgan fingerprint density at radius 3 is 2.26 bits per heavy atom. The number of halogens is 1. The number of phenolic OH excluding ortho intramolecular Hbond substituents is 3. The average molecular weight is 370 g/mol. The van der Waals surface area contributed by atoms with Gasteiger partial charge in [-0.3, -0.25) is 5.43 Å². The average Bonchev–Trinajstić information content (AvgIpc) is 2.38.